The monoisotopic (exact) mass is 178 g/mol. The standard InChI is InChI=1S/C10H14N2O/c1-3-5-10(11-13)9-6-4-7-12(2)8-9/h1,6,13H,4-5,7-8H2,2H3. The van der Waals surface area contributed by atoms with Gasteiger partial charge in [0, 0.05) is 13.1 Å². The van der Waals surface area contributed by atoms with E-state index in [1.54, 1.807) is 0 Å². The molecule has 3 nitrogen and oxygen atoms in total. The van der Waals surface area contributed by atoms with Gasteiger partial charge in [-0.3, -0.25) is 0 Å². The zero-order chi connectivity index (χ0) is 9.68. The summed E-state index contributed by atoms with van der Waals surface area (Å²) in [7, 11) is 2.04. The molecule has 1 heterocycles. The van der Waals surface area contributed by atoms with Crippen LogP contribution < -0.4 is 0 Å². The van der Waals surface area contributed by atoms with Gasteiger partial charge in [0.1, 0.15) is 0 Å². The van der Waals surface area contributed by atoms with Gasteiger partial charge in [-0.15, -0.1) is 12.3 Å². The van der Waals surface area contributed by atoms with Gasteiger partial charge in [-0.25, -0.2) is 0 Å². The summed E-state index contributed by atoms with van der Waals surface area (Å²) >= 11 is 0. The molecule has 13 heavy (non-hydrogen) atoms. The predicted octanol–water partition coefficient (Wildman–Crippen LogP) is 1.10. The Bertz CT molecular complexity index is 273. The van der Waals surface area contributed by atoms with Crippen LogP contribution in [0.1, 0.15) is 12.8 Å². The zero-order valence-corrected chi connectivity index (χ0v) is 7.82. The highest BCUT2D eigenvalue weighted by atomic mass is 16.4. The fourth-order valence-corrected chi connectivity index (χ4v) is 1.41. The van der Waals surface area contributed by atoms with Crippen molar-refractivity contribution >= 4 is 5.71 Å². The largest absolute Gasteiger partial charge is 0.411 e. The van der Waals surface area contributed by atoms with Crippen LogP contribution in [0, 0.1) is 12.3 Å². The Labute approximate surface area is 78.7 Å². The van der Waals surface area contributed by atoms with E-state index in [1.807, 2.05) is 7.05 Å². The molecule has 0 amide bonds. The first-order chi connectivity index (χ1) is 6.27. The molecule has 1 rings (SSSR count). The van der Waals surface area contributed by atoms with E-state index in [0.717, 1.165) is 25.1 Å². The maximum absolute atomic E-state index is 8.73. The van der Waals surface area contributed by atoms with Crippen molar-refractivity contribution in [2.24, 2.45) is 5.16 Å². The van der Waals surface area contributed by atoms with Crippen LogP contribution in [0.3, 0.4) is 0 Å². The molecule has 0 radical (unpaired) electrons. The Morgan fingerprint density at radius 3 is 3.15 bits per heavy atom. The average molecular weight is 178 g/mol. The number of terminal acetylenes is 1. The Morgan fingerprint density at radius 2 is 2.62 bits per heavy atom. The van der Waals surface area contributed by atoms with Crippen molar-refractivity contribution in [3.05, 3.63) is 11.6 Å². The van der Waals surface area contributed by atoms with E-state index in [0.29, 0.717) is 12.1 Å². The van der Waals surface area contributed by atoms with Crippen LogP contribution in [0.25, 0.3) is 0 Å². The molecule has 0 atom stereocenters. The second kappa shape index (κ2) is 4.68. The highest BCUT2D eigenvalue weighted by molar-refractivity contribution is 6.01. The lowest BCUT2D eigenvalue weighted by atomic mass is 10.0. The molecule has 0 spiro atoms. The first-order valence-electron chi connectivity index (χ1n) is 4.30. The van der Waals surface area contributed by atoms with Gasteiger partial charge in [0.2, 0.25) is 0 Å². The van der Waals surface area contributed by atoms with Crippen molar-refractivity contribution in [1.82, 2.24) is 4.90 Å². The summed E-state index contributed by atoms with van der Waals surface area (Å²) in [5, 5.41) is 11.9. The van der Waals surface area contributed by atoms with E-state index >= 15 is 0 Å². The summed E-state index contributed by atoms with van der Waals surface area (Å²) < 4.78 is 0. The third kappa shape index (κ3) is 2.60. The minimum Gasteiger partial charge on any atom is -0.411 e. The molecule has 0 saturated heterocycles. The summed E-state index contributed by atoms with van der Waals surface area (Å²) in [6.45, 7) is 1.87. The molecule has 1 aliphatic heterocycles. The van der Waals surface area contributed by atoms with Crippen LogP contribution in [-0.2, 0) is 0 Å². The number of rotatable bonds is 2. The Balaban J connectivity index is 2.70. The maximum atomic E-state index is 8.73. The molecule has 3 heteroatoms. The molecule has 0 aromatic rings. The molecular weight excluding hydrogens is 164 g/mol. The number of hydrogen-bond donors (Lipinski definition) is 1. The van der Waals surface area contributed by atoms with E-state index in [1.165, 1.54) is 0 Å². The lowest BCUT2D eigenvalue weighted by Crippen LogP contribution is -2.28. The third-order valence-electron chi connectivity index (χ3n) is 2.10. The minimum absolute atomic E-state index is 0.399. The van der Waals surface area contributed by atoms with Crippen molar-refractivity contribution in [2.75, 3.05) is 20.1 Å². The topological polar surface area (TPSA) is 35.8 Å². The van der Waals surface area contributed by atoms with Gasteiger partial charge in [0.05, 0.1) is 12.1 Å². The van der Waals surface area contributed by atoms with Crippen LogP contribution in [0.5, 0.6) is 0 Å². The summed E-state index contributed by atoms with van der Waals surface area (Å²) in [5.41, 5.74) is 1.67. The van der Waals surface area contributed by atoms with Crippen LogP contribution in [0.4, 0.5) is 0 Å². The number of hydrogen-bond acceptors (Lipinski definition) is 3. The van der Waals surface area contributed by atoms with Crippen molar-refractivity contribution < 1.29 is 5.21 Å². The Morgan fingerprint density at radius 1 is 1.85 bits per heavy atom. The van der Waals surface area contributed by atoms with Crippen LogP contribution >= 0.6 is 0 Å². The fourth-order valence-electron chi connectivity index (χ4n) is 1.41. The van der Waals surface area contributed by atoms with Crippen molar-refractivity contribution in [2.45, 2.75) is 12.8 Å². The second-order valence-electron chi connectivity index (χ2n) is 3.18. The van der Waals surface area contributed by atoms with Gasteiger partial charge >= 0.3 is 0 Å². The quantitative estimate of drug-likeness (QED) is 0.297. The van der Waals surface area contributed by atoms with Crippen molar-refractivity contribution in [3.8, 4) is 12.3 Å². The fraction of sp³-hybridized carbons (Fsp3) is 0.500. The Hall–Kier alpha value is -1.27. The number of likely N-dealkylation sites (N-methyl/N-ethyl adjacent to an activating group) is 1. The highest BCUT2D eigenvalue weighted by Crippen LogP contribution is 2.11. The summed E-state index contributed by atoms with van der Waals surface area (Å²) in [5.74, 6) is 2.48. The molecule has 1 N–H and O–H groups in total. The van der Waals surface area contributed by atoms with Crippen LogP contribution in [0.2, 0.25) is 0 Å². The molecule has 70 valence electrons. The first kappa shape index (κ1) is 9.82. The zero-order valence-electron chi connectivity index (χ0n) is 7.82. The predicted molar refractivity (Wildman–Crippen MR) is 52.9 cm³/mol. The third-order valence-corrected chi connectivity index (χ3v) is 2.10. The summed E-state index contributed by atoms with van der Waals surface area (Å²) in [6.07, 6.45) is 8.65. The van der Waals surface area contributed by atoms with Crippen LogP contribution in [0.15, 0.2) is 16.8 Å². The van der Waals surface area contributed by atoms with Gasteiger partial charge in [0.25, 0.3) is 0 Å². The number of oxime groups is 1. The molecule has 0 unspecified atom stereocenters. The van der Waals surface area contributed by atoms with Gasteiger partial charge < -0.3 is 10.1 Å². The molecule has 0 bridgehead atoms. The molecule has 0 saturated carbocycles. The molecule has 0 aliphatic carbocycles. The smallest absolute Gasteiger partial charge is 0.0956 e. The van der Waals surface area contributed by atoms with Gasteiger partial charge in [-0.2, -0.15) is 0 Å². The molecule has 0 fully saturated rings. The minimum atomic E-state index is 0.399. The van der Waals surface area contributed by atoms with Gasteiger partial charge in [-0.1, -0.05) is 11.2 Å². The molecule has 0 aromatic heterocycles. The van der Waals surface area contributed by atoms with E-state index in [4.69, 9.17) is 11.6 Å². The Kier molecular flexibility index (Phi) is 3.53. The average Bonchev–Trinajstić information content (AvgIpc) is 2.14. The summed E-state index contributed by atoms with van der Waals surface area (Å²) in [4.78, 5) is 2.18. The summed E-state index contributed by atoms with van der Waals surface area (Å²) in [6, 6.07) is 0. The van der Waals surface area contributed by atoms with Crippen molar-refractivity contribution in [3.63, 3.8) is 0 Å². The second-order valence-corrected chi connectivity index (χ2v) is 3.18. The SMILES string of the molecule is C#CCC(=NO)C1=CCCN(C)C1. The lowest BCUT2D eigenvalue weighted by Gasteiger charge is -2.22. The van der Waals surface area contributed by atoms with E-state index in [-0.39, 0.29) is 0 Å². The van der Waals surface area contributed by atoms with Crippen molar-refractivity contribution in [1.29, 1.82) is 0 Å². The normalized spacial score (nSPS) is 19.4. The number of nitrogens with zero attached hydrogens (tertiary/aromatic N) is 2. The van der Waals surface area contributed by atoms with Crippen LogP contribution in [-0.4, -0.2) is 36.0 Å². The molecular formula is C10H14N2O. The van der Waals surface area contributed by atoms with E-state index < -0.39 is 0 Å². The van der Waals surface area contributed by atoms with E-state index in [2.05, 4.69) is 22.1 Å². The highest BCUT2D eigenvalue weighted by Gasteiger charge is 2.13. The first-order valence-corrected chi connectivity index (χ1v) is 4.30. The maximum Gasteiger partial charge on any atom is 0.0956 e. The molecule has 0 aromatic carbocycles. The molecule has 1 aliphatic rings. The lowest BCUT2D eigenvalue weighted by molar-refractivity contribution is 0.316. The van der Waals surface area contributed by atoms with Gasteiger partial charge in [0.15, 0.2) is 0 Å². The van der Waals surface area contributed by atoms with Gasteiger partial charge in [-0.05, 0) is 19.0 Å². The van der Waals surface area contributed by atoms with E-state index in [9.17, 15) is 0 Å².